The van der Waals surface area contributed by atoms with E-state index >= 15 is 0 Å². The van der Waals surface area contributed by atoms with E-state index in [2.05, 4.69) is 10.2 Å². The van der Waals surface area contributed by atoms with Crippen molar-refractivity contribution in [1.29, 1.82) is 0 Å². The summed E-state index contributed by atoms with van der Waals surface area (Å²) in [7, 11) is 0. The number of benzene rings is 2. The molecule has 1 atom stereocenters. The van der Waals surface area contributed by atoms with Gasteiger partial charge < -0.3 is 24.6 Å². The van der Waals surface area contributed by atoms with Gasteiger partial charge in [-0.3, -0.25) is 9.59 Å². The average Bonchev–Trinajstić information content (AvgIpc) is 2.78. The largest absolute Gasteiger partial charge is 0.481 e. The first-order chi connectivity index (χ1) is 15.0. The zero-order valence-electron chi connectivity index (χ0n) is 18.5. The number of nitrogens with one attached hydrogen (secondary N) is 1. The fourth-order valence-corrected chi connectivity index (χ4v) is 3.50. The summed E-state index contributed by atoms with van der Waals surface area (Å²) in [5, 5.41) is 2.87. The number of rotatable bonds is 8. The number of morpholine rings is 1. The summed E-state index contributed by atoms with van der Waals surface area (Å²) >= 11 is 0. The van der Waals surface area contributed by atoms with E-state index in [1.54, 1.807) is 6.92 Å². The molecule has 3 rings (SSSR count). The van der Waals surface area contributed by atoms with Crippen molar-refractivity contribution >= 4 is 23.2 Å². The molecule has 166 valence electrons. The van der Waals surface area contributed by atoms with Gasteiger partial charge in [-0.15, -0.1) is 0 Å². The quantitative estimate of drug-likeness (QED) is 0.704. The summed E-state index contributed by atoms with van der Waals surface area (Å²) in [6.45, 7) is 9.10. The van der Waals surface area contributed by atoms with Gasteiger partial charge in [0.25, 0.3) is 5.91 Å². The highest BCUT2D eigenvalue weighted by Gasteiger charge is 2.23. The summed E-state index contributed by atoms with van der Waals surface area (Å²) in [5.74, 6) is 0.181. The number of carbonyl (C=O) groups excluding carboxylic acids is 2. The van der Waals surface area contributed by atoms with Crippen molar-refractivity contribution in [2.45, 2.75) is 26.9 Å². The van der Waals surface area contributed by atoms with Crippen LogP contribution in [0.4, 0.5) is 11.4 Å². The lowest BCUT2D eigenvalue weighted by Gasteiger charge is -2.29. The average molecular weight is 426 g/mol. The molecule has 1 aliphatic heterocycles. The van der Waals surface area contributed by atoms with E-state index in [9.17, 15) is 9.59 Å². The molecule has 7 heteroatoms. The van der Waals surface area contributed by atoms with Crippen LogP contribution >= 0.6 is 0 Å². The molecule has 0 aromatic heterocycles. The Kier molecular flexibility index (Phi) is 7.89. The third-order valence-corrected chi connectivity index (χ3v) is 5.21. The van der Waals surface area contributed by atoms with Crippen LogP contribution in [0.2, 0.25) is 0 Å². The molecule has 1 heterocycles. The summed E-state index contributed by atoms with van der Waals surface area (Å²) in [6.07, 6.45) is -0.678. The number of likely N-dealkylation sites (N-methyl/N-ethyl adjacent to an activating group) is 1. The summed E-state index contributed by atoms with van der Waals surface area (Å²) in [6, 6.07) is 15.3. The maximum absolute atomic E-state index is 12.8. The Labute approximate surface area is 183 Å². The SMILES string of the molecule is CCN(CC(=O)Nc1ccc(N2CCOCC2)cc1)C(=O)[C@H](C)Oc1cccc(C)c1. The number of anilines is 2. The highest BCUT2D eigenvalue weighted by atomic mass is 16.5. The van der Waals surface area contributed by atoms with Crippen LogP contribution < -0.4 is 15.0 Å². The first kappa shape index (κ1) is 22.6. The first-order valence-electron chi connectivity index (χ1n) is 10.7. The number of nitrogens with zero attached hydrogens (tertiary/aromatic N) is 2. The van der Waals surface area contributed by atoms with Crippen molar-refractivity contribution in [2.75, 3.05) is 49.6 Å². The Morgan fingerprint density at radius 2 is 1.87 bits per heavy atom. The Balaban J connectivity index is 1.53. The molecule has 1 fully saturated rings. The maximum Gasteiger partial charge on any atom is 0.263 e. The molecule has 0 radical (unpaired) electrons. The first-order valence-corrected chi connectivity index (χ1v) is 10.7. The van der Waals surface area contributed by atoms with Crippen LogP contribution in [0.25, 0.3) is 0 Å². The van der Waals surface area contributed by atoms with E-state index in [-0.39, 0.29) is 18.4 Å². The molecule has 2 aromatic carbocycles. The lowest BCUT2D eigenvalue weighted by atomic mass is 10.2. The molecule has 31 heavy (non-hydrogen) atoms. The fraction of sp³-hybridized carbons (Fsp3) is 0.417. The van der Waals surface area contributed by atoms with Crippen molar-refractivity contribution in [3.63, 3.8) is 0 Å². The molecule has 1 saturated heterocycles. The van der Waals surface area contributed by atoms with Gasteiger partial charge in [0.15, 0.2) is 6.10 Å². The van der Waals surface area contributed by atoms with Gasteiger partial charge in [0, 0.05) is 31.0 Å². The Bertz CT molecular complexity index is 879. The zero-order valence-corrected chi connectivity index (χ0v) is 18.5. The number of hydrogen-bond acceptors (Lipinski definition) is 5. The van der Waals surface area contributed by atoms with Crippen molar-refractivity contribution in [3.05, 3.63) is 54.1 Å². The number of ether oxygens (including phenoxy) is 2. The van der Waals surface area contributed by atoms with Crippen LogP contribution in [-0.2, 0) is 14.3 Å². The second kappa shape index (κ2) is 10.8. The van der Waals surface area contributed by atoms with Crippen LogP contribution in [0.5, 0.6) is 5.75 Å². The zero-order chi connectivity index (χ0) is 22.2. The molecular formula is C24H31N3O4. The lowest BCUT2D eigenvalue weighted by molar-refractivity contribution is -0.140. The monoisotopic (exact) mass is 425 g/mol. The Morgan fingerprint density at radius 3 is 2.52 bits per heavy atom. The predicted octanol–water partition coefficient (Wildman–Crippen LogP) is 3.09. The lowest BCUT2D eigenvalue weighted by Crippen LogP contribution is -2.44. The molecule has 0 bridgehead atoms. The number of amides is 2. The van der Waals surface area contributed by atoms with Crippen molar-refractivity contribution < 1.29 is 19.1 Å². The van der Waals surface area contributed by atoms with Crippen LogP contribution in [0.15, 0.2) is 48.5 Å². The Hall–Kier alpha value is -3.06. The molecule has 0 spiro atoms. The third-order valence-electron chi connectivity index (χ3n) is 5.21. The summed E-state index contributed by atoms with van der Waals surface area (Å²) in [4.78, 5) is 29.1. The van der Waals surface area contributed by atoms with E-state index in [1.165, 1.54) is 4.90 Å². The van der Waals surface area contributed by atoms with E-state index in [4.69, 9.17) is 9.47 Å². The Morgan fingerprint density at radius 1 is 1.16 bits per heavy atom. The van der Waals surface area contributed by atoms with E-state index in [1.807, 2.05) is 62.4 Å². The highest BCUT2D eigenvalue weighted by Crippen LogP contribution is 2.19. The minimum absolute atomic E-state index is 0.0257. The predicted molar refractivity (Wildman–Crippen MR) is 122 cm³/mol. The molecule has 1 N–H and O–H groups in total. The number of aryl methyl sites for hydroxylation is 1. The van der Waals surface area contributed by atoms with Gasteiger partial charge in [0.1, 0.15) is 5.75 Å². The van der Waals surface area contributed by atoms with Crippen molar-refractivity contribution in [3.8, 4) is 5.75 Å². The maximum atomic E-state index is 12.8. The van der Waals surface area contributed by atoms with Gasteiger partial charge in [0.2, 0.25) is 5.91 Å². The van der Waals surface area contributed by atoms with Crippen molar-refractivity contribution in [1.82, 2.24) is 4.90 Å². The van der Waals surface area contributed by atoms with E-state index in [0.717, 1.165) is 37.6 Å². The van der Waals surface area contributed by atoms with Crippen LogP contribution in [0, 0.1) is 6.92 Å². The summed E-state index contributed by atoms with van der Waals surface area (Å²) in [5.41, 5.74) is 2.87. The van der Waals surface area contributed by atoms with Gasteiger partial charge in [-0.05, 0) is 62.7 Å². The molecule has 7 nitrogen and oxygen atoms in total. The number of hydrogen-bond donors (Lipinski definition) is 1. The van der Waals surface area contributed by atoms with Gasteiger partial charge in [0.05, 0.1) is 19.8 Å². The molecule has 0 saturated carbocycles. The smallest absolute Gasteiger partial charge is 0.263 e. The molecule has 0 aliphatic carbocycles. The minimum atomic E-state index is -0.678. The van der Waals surface area contributed by atoms with Crippen LogP contribution in [0.1, 0.15) is 19.4 Å². The van der Waals surface area contributed by atoms with Crippen molar-refractivity contribution in [2.24, 2.45) is 0 Å². The summed E-state index contributed by atoms with van der Waals surface area (Å²) < 4.78 is 11.2. The molecule has 1 aliphatic rings. The van der Waals surface area contributed by atoms with Gasteiger partial charge in [-0.1, -0.05) is 12.1 Å². The van der Waals surface area contributed by atoms with Crippen LogP contribution in [0.3, 0.4) is 0 Å². The topological polar surface area (TPSA) is 71.1 Å². The highest BCUT2D eigenvalue weighted by molar-refractivity contribution is 5.95. The fourth-order valence-electron chi connectivity index (χ4n) is 3.50. The molecule has 2 amide bonds. The van der Waals surface area contributed by atoms with E-state index < -0.39 is 6.10 Å². The van der Waals surface area contributed by atoms with Gasteiger partial charge in [-0.2, -0.15) is 0 Å². The normalized spacial score (nSPS) is 14.6. The second-order valence-corrected chi connectivity index (χ2v) is 7.62. The molecule has 2 aromatic rings. The van der Waals surface area contributed by atoms with Gasteiger partial charge >= 0.3 is 0 Å². The third kappa shape index (κ3) is 6.46. The standard InChI is InChI=1S/C24H31N3O4/c1-4-26(24(29)19(3)31-22-7-5-6-18(2)16-22)17-23(28)25-20-8-10-21(11-9-20)27-12-14-30-15-13-27/h5-11,16,19H,4,12-15,17H2,1-3H3,(H,25,28)/t19-/m0/s1. The van der Waals surface area contributed by atoms with E-state index in [0.29, 0.717) is 18.0 Å². The van der Waals surface area contributed by atoms with Gasteiger partial charge in [-0.25, -0.2) is 0 Å². The molecule has 0 unspecified atom stereocenters. The minimum Gasteiger partial charge on any atom is -0.481 e. The number of carbonyl (C=O) groups is 2. The second-order valence-electron chi connectivity index (χ2n) is 7.62. The van der Waals surface area contributed by atoms with Crippen LogP contribution in [-0.4, -0.2) is 62.2 Å². The molecular weight excluding hydrogens is 394 g/mol.